The Morgan fingerprint density at radius 3 is 2.32 bits per heavy atom. The fraction of sp³-hybridized carbons (Fsp3) is 0.320. The summed E-state index contributed by atoms with van der Waals surface area (Å²) in [6.45, 7) is 5.16. The van der Waals surface area contributed by atoms with Crippen molar-refractivity contribution >= 4 is 28.9 Å². The van der Waals surface area contributed by atoms with E-state index < -0.39 is 0 Å². The lowest BCUT2D eigenvalue weighted by molar-refractivity contribution is 0.0601. The number of amides is 1. The van der Waals surface area contributed by atoms with Gasteiger partial charge >= 0.3 is 0 Å². The van der Waals surface area contributed by atoms with Gasteiger partial charge in [-0.15, -0.1) is 0 Å². The van der Waals surface area contributed by atoms with Gasteiger partial charge in [-0.2, -0.15) is 5.26 Å². The number of nitriles is 1. The highest BCUT2D eigenvalue weighted by Gasteiger charge is 2.33. The van der Waals surface area contributed by atoms with Crippen LogP contribution < -0.4 is 5.73 Å². The number of allylic oxidation sites excluding steroid dienone is 1. The number of halogens is 1. The minimum atomic E-state index is -0.0233. The second-order valence-electron chi connectivity index (χ2n) is 8.54. The molecule has 0 aromatic heterocycles. The van der Waals surface area contributed by atoms with Crippen molar-refractivity contribution < 1.29 is 4.79 Å². The van der Waals surface area contributed by atoms with Gasteiger partial charge in [-0.1, -0.05) is 29.8 Å². The number of nitrogens with zero attached hydrogens (tertiary/aromatic N) is 2. The Labute approximate surface area is 187 Å². The maximum absolute atomic E-state index is 13.2. The quantitative estimate of drug-likeness (QED) is 0.670. The highest BCUT2D eigenvalue weighted by molar-refractivity contribution is 6.46. The summed E-state index contributed by atoms with van der Waals surface area (Å²) in [5.41, 5.74) is 12.0. The molecule has 31 heavy (non-hydrogen) atoms. The molecule has 1 aliphatic heterocycles. The van der Waals surface area contributed by atoms with Crippen LogP contribution in [0.3, 0.4) is 0 Å². The number of carbonyl (C=O) groups is 1. The number of benzene rings is 2. The second-order valence-corrected chi connectivity index (χ2v) is 8.92. The highest BCUT2D eigenvalue weighted by Crippen LogP contribution is 2.36. The van der Waals surface area contributed by atoms with E-state index in [1.54, 1.807) is 0 Å². The smallest absolute Gasteiger partial charge is 0.254 e. The summed E-state index contributed by atoms with van der Waals surface area (Å²) in [5.74, 6) is 0.461. The normalized spacial score (nSPS) is 16.9. The van der Waals surface area contributed by atoms with Crippen LogP contribution in [0, 0.1) is 36.5 Å². The Hall–Kier alpha value is -3.10. The minimum Gasteiger partial charge on any atom is -0.397 e. The van der Waals surface area contributed by atoms with Gasteiger partial charge in [0, 0.05) is 36.1 Å². The predicted octanol–water partition coefficient (Wildman–Crippen LogP) is 4.71. The van der Waals surface area contributed by atoms with E-state index in [0.29, 0.717) is 41.2 Å². The molecule has 3 N–H and O–H groups in total. The topological polar surface area (TPSA) is 94.0 Å². The molecule has 4 rings (SSSR count). The van der Waals surface area contributed by atoms with Gasteiger partial charge in [0.05, 0.1) is 28.1 Å². The molecule has 1 heterocycles. The summed E-state index contributed by atoms with van der Waals surface area (Å²) in [4.78, 5) is 15.0. The van der Waals surface area contributed by atoms with Crippen molar-refractivity contribution in [3.63, 3.8) is 0 Å². The van der Waals surface area contributed by atoms with Gasteiger partial charge in [-0.05, 0) is 61.6 Å². The van der Waals surface area contributed by atoms with Gasteiger partial charge in [0.15, 0.2) is 0 Å². The molecule has 0 atom stereocenters. The molecule has 2 aromatic rings. The first-order chi connectivity index (χ1) is 14.8. The first kappa shape index (κ1) is 21.1. The molecule has 0 bridgehead atoms. The van der Waals surface area contributed by atoms with E-state index in [0.717, 1.165) is 29.5 Å². The maximum Gasteiger partial charge on any atom is 0.254 e. The van der Waals surface area contributed by atoms with Gasteiger partial charge in [0.2, 0.25) is 0 Å². The van der Waals surface area contributed by atoms with Crippen LogP contribution >= 0.6 is 11.6 Å². The third-order valence-corrected chi connectivity index (χ3v) is 6.64. The van der Waals surface area contributed by atoms with Gasteiger partial charge < -0.3 is 16.0 Å². The molecule has 0 spiro atoms. The standard InChI is InChI=1S/C25H25ClN4O/c1-14-9-15(2)21(10-20(14)24(29)22(26)23(28)18-7-8-18)25(31)30-12-19(13-30)17-5-3-16(11-27)4-6-17/h3-6,9-10,18-19,28H,7-8,12-13,29H2,1-2H3/b24-22+,28-23?. The molecule has 5 nitrogen and oxygen atoms in total. The van der Waals surface area contributed by atoms with Crippen LogP contribution in [0.25, 0.3) is 5.70 Å². The summed E-state index contributed by atoms with van der Waals surface area (Å²) in [7, 11) is 0. The number of aryl methyl sites for hydroxylation is 2. The molecule has 2 aliphatic rings. The van der Waals surface area contributed by atoms with Crippen molar-refractivity contribution in [2.45, 2.75) is 32.6 Å². The van der Waals surface area contributed by atoms with E-state index in [4.69, 9.17) is 28.0 Å². The Kier molecular flexibility index (Phi) is 5.60. The van der Waals surface area contributed by atoms with E-state index in [-0.39, 0.29) is 22.8 Å². The third-order valence-electron chi connectivity index (χ3n) is 6.23. The Morgan fingerprint density at radius 2 is 1.74 bits per heavy atom. The first-order valence-corrected chi connectivity index (χ1v) is 10.8. The summed E-state index contributed by atoms with van der Waals surface area (Å²) in [6.07, 6.45) is 1.96. The van der Waals surface area contributed by atoms with Gasteiger partial charge in [0.1, 0.15) is 0 Å². The molecule has 158 valence electrons. The number of carbonyl (C=O) groups excluding carboxylic acids is 1. The fourth-order valence-corrected chi connectivity index (χ4v) is 4.30. The lowest BCUT2D eigenvalue weighted by Crippen LogP contribution is -2.48. The average molecular weight is 433 g/mol. The average Bonchev–Trinajstić information content (AvgIpc) is 3.57. The summed E-state index contributed by atoms with van der Waals surface area (Å²) in [6, 6.07) is 13.5. The van der Waals surface area contributed by atoms with E-state index in [1.165, 1.54) is 0 Å². The van der Waals surface area contributed by atoms with Crippen LogP contribution in [0.2, 0.25) is 0 Å². The van der Waals surface area contributed by atoms with Crippen molar-refractivity contribution in [3.8, 4) is 6.07 Å². The Bertz CT molecular complexity index is 1130. The van der Waals surface area contributed by atoms with Gasteiger partial charge in [-0.3, -0.25) is 4.79 Å². The molecule has 1 amide bonds. The van der Waals surface area contributed by atoms with E-state index in [1.807, 2.05) is 55.1 Å². The van der Waals surface area contributed by atoms with E-state index in [9.17, 15) is 4.79 Å². The Balaban J connectivity index is 1.53. The molecular formula is C25H25ClN4O. The van der Waals surface area contributed by atoms with Crippen LogP contribution in [0.1, 0.15) is 56.9 Å². The molecule has 0 radical (unpaired) electrons. The van der Waals surface area contributed by atoms with Crippen molar-refractivity contribution in [1.29, 1.82) is 10.7 Å². The first-order valence-electron chi connectivity index (χ1n) is 10.4. The number of rotatable bonds is 5. The van der Waals surface area contributed by atoms with Crippen LogP contribution in [0.5, 0.6) is 0 Å². The van der Waals surface area contributed by atoms with E-state index in [2.05, 4.69) is 6.07 Å². The van der Waals surface area contributed by atoms with Crippen LogP contribution in [0.15, 0.2) is 41.4 Å². The predicted molar refractivity (Wildman–Crippen MR) is 123 cm³/mol. The zero-order chi connectivity index (χ0) is 22.3. The van der Waals surface area contributed by atoms with Crippen molar-refractivity contribution in [2.24, 2.45) is 11.7 Å². The third kappa shape index (κ3) is 4.08. The lowest BCUT2D eigenvalue weighted by Gasteiger charge is -2.40. The van der Waals surface area contributed by atoms with Crippen molar-refractivity contribution in [3.05, 3.63) is 74.8 Å². The monoisotopic (exact) mass is 432 g/mol. The molecular weight excluding hydrogens is 408 g/mol. The minimum absolute atomic E-state index is 0.0233. The van der Waals surface area contributed by atoms with Gasteiger partial charge in [0.25, 0.3) is 5.91 Å². The van der Waals surface area contributed by atoms with Crippen molar-refractivity contribution in [1.82, 2.24) is 4.90 Å². The maximum atomic E-state index is 13.2. The zero-order valence-corrected chi connectivity index (χ0v) is 18.5. The summed E-state index contributed by atoms with van der Waals surface area (Å²) >= 11 is 6.42. The van der Waals surface area contributed by atoms with Crippen LogP contribution in [-0.4, -0.2) is 29.6 Å². The number of hydrogen-bond acceptors (Lipinski definition) is 4. The molecule has 6 heteroatoms. The number of likely N-dealkylation sites (tertiary alicyclic amines) is 1. The largest absolute Gasteiger partial charge is 0.397 e. The molecule has 2 fully saturated rings. The van der Waals surface area contributed by atoms with Crippen LogP contribution in [-0.2, 0) is 0 Å². The molecule has 1 saturated heterocycles. The van der Waals surface area contributed by atoms with E-state index >= 15 is 0 Å². The van der Waals surface area contributed by atoms with Crippen LogP contribution in [0.4, 0.5) is 0 Å². The molecule has 0 unspecified atom stereocenters. The SMILES string of the molecule is Cc1cc(C)c(/C(N)=C(\Cl)C(=N)C2CC2)cc1C(=O)N1CC(c2ccc(C#N)cc2)C1. The number of nitrogens with one attached hydrogen (secondary N) is 1. The summed E-state index contributed by atoms with van der Waals surface area (Å²) < 4.78 is 0. The highest BCUT2D eigenvalue weighted by atomic mass is 35.5. The Morgan fingerprint density at radius 1 is 1.13 bits per heavy atom. The van der Waals surface area contributed by atoms with Crippen molar-refractivity contribution in [2.75, 3.05) is 13.1 Å². The second kappa shape index (κ2) is 8.20. The molecule has 1 aliphatic carbocycles. The number of hydrogen-bond donors (Lipinski definition) is 2. The zero-order valence-electron chi connectivity index (χ0n) is 17.7. The fourth-order valence-electron chi connectivity index (χ4n) is 4.04. The summed E-state index contributed by atoms with van der Waals surface area (Å²) in [5, 5.41) is 17.5. The lowest BCUT2D eigenvalue weighted by atomic mass is 9.89. The number of nitrogens with two attached hydrogens (primary N) is 1. The van der Waals surface area contributed by atoms with Gasteiger partial charge in [-0.25, -0.2) is 0 Å². The molecule has 2 aromatic carbocycles. The molecule has 1 saturated carbocycles.